The van der Waals surface area contributed by atoms with Crippen molar-refractivity contribution in [1.29, 1.82) is 0 Å². The standard InChI is InChI=1S/C23H20FN3O4/c24-17-7-5-16(6-8-17)13-23-25-21-3-1-2-4-22(21)26(23)14-19(28)15-31-20-11-9-18(10-12-20)27(29)30/h1-12,19,28H,13-15H2. The van der Waals surface area contributed by atoms with E-state index in [9.17, 15) is 19.6 Å². The van der Waals surface area contributed by atoms with Crippen LogP contribution in [0.25, 0.3) is 11.0 Å². The Kier molecular flexibility index (Phi) is 5.90. The van der Waals surface area contributed by atoms with Crippen LogP contribution in [0.15, 0.2) is 72.8 Å². The van der Waals surface area contributed by atoms with Crippen molar-refractivity contribution < 1.29 is 19.2 Å². The molecule has 0 bridgehead atoms. The molecule has 0 aliphatic carbocycles. The Labute approximate surface area is 177 Å². The molecule has 8 heteroatoms. The van der Waals surface area contributed by atoms with Crippen molar-refractivity contribution in [1.82, 2.24) is 9.55 Å². The van der Waals surface area contributed by atoms with Crippen LogP contribution in [0.2, 0.25) is 0 Å². The van der Waals surface area contributed by atoms with Gasteiger partial charge < -0.3 is 14.4 Å². The van der Waals surface area contributed by atoms with Crippen LogP contribution in [0.5, 0.6) is 5.75 Å². The maximum atomic E-state index is 13.2. The molecule has 0 amide bonds. The fraction of sp³-hybridized carbons (Fsp3) is 0.174. The number of para-hydroxylation sites is 2. The van der Waals surface area contributed by atoms with Crippen LogP contribution in [0.1, 0.15) is 11.4 Å². The second-order valence-electron chi connectivity index (χ2n) is 7.15. The number of nitro groups is 1. The number of nitro benzene ring substituents is 1. The first-order valence-electron chi connectivity index (χ1n) is 9.73. The second-order valence-corrected chi connectivity index (χ2v) is 7.15. The summed E-state index contributed by atoms with van der Waals surface area (Å²) in [6, 6.07) is 19.6. The van der Waals surface area contributed by atoms with Crippen LogP contribution in [0.4, 0.5) is 10.1 Å². The third-order valence-electron chi connectivity index (χ3n) is 4.89. The number of halogens is 1. The fourth-order valence-corrected chi connectivity index (χ4v) is 3.37. The molecule has 0 spiro atoms. The first kappa shape index (κ1) is 20.5. The van der Waals surface area contributed by atoms with Gasteiger partial charge in [0.1, 0.15) is 30.1 Å². The lowest BCUT2D eigenvalue weighted by atomic mass is 10.1. The number of non-ortho nitro benzene ring substituents is 1. The molecule has 0 aliphatic rings. The molecule has 4 rings (SSSR count). The highest BCUT2D eigenvalue weighted by Crippen LogP contribution is 2.21. The largest absolute Gasteiger partial charge is 0.491 e. The Morgan fingerprint density at radius 2 is 1.77 bits per heavy atom. The predicted molar refractivity (Wildman–Crippen MR) is 114 cm³/mol. The molecule has 0 saturated carbocycles. The van der Waals surface area contributed by atoms with Crippen molar-refractivity contribution in [2.24, 2.45) is 0 Å². The van der Waals surface area contributed by atoms with Gasteiger partial charge in [0.2, 0.25) is 0 Å². The molecule has 0 fully saturated rings. The number of benzene rings is 3. The van der Waals surface area contributed by atoms with E-state index in [4.69, 9.17) is 4.74 Å². The molecule has 1 aromatic heterocycles. The highest BCUT2D eigenvalue weighted by Gasteiger charge is 2.15. The number of nitrogens with zero attached hydrogens (tertiary/aromatic N) is 3. The van der Waals surface area contributed by atoms with Gasteiger partial charge in [-0.25, -0.2) is 9.37 Å². The molecule has 1 atom stereocenters. The first-order valence-corrected chi connectivity index (χ1v) is 9.73. The Bertz CT molecular complexity index is 1190. The van der Waals surface area contributed by atoms with E-state index in [0.29, 0.717) is 12.2 Å². The second kappa shape index (κ2) is 8.93. The van der Waals surface area contributed by atoms with Crippen molar-refractivity contribution in [3.63, 3.8) is 0 Å². The van der Waals surface area contributed by atoms with Gasteiger partial charge in [-0.05, 0) is 42.0 Å². The number of hydrogen-bond donors (Lipinski definition) is 1. The number of rotatable bonds is 8. The van der Waals surface area contributed by atoms with Crippen LogP contribution in [-0.2, 0) is 13.0 Å². The Hall–Kier alpha value is -3.78. The van der Waals surface area contributed by atoms with Crippen molar-refractivity contribution in [2.75, 3.05) is 6.61 Å². The Morgan fingerprint density at radius 1 is 1.06 bits per heavy atom. The van der Waals surface area contributed by atoms with Gasteiger partial charge >= 0.3 is 0 Å². The van der Waals surface area contributed by atoms with Crippen LogP contribution < -0.4 is 4.74 Å². The summed E-state index contributed by atoms with van der Waals surface area (Å²) in [4.78, 5) is 14.9. The Balaban J connectivity index is 1.49. The average Bonchev–Trinajstić information content (AvgIpc) is 3.11. The van der Waals surface area contributed by atoms with E-state index in [0.717, 1.165) is 22.4 Å². The van der Waals surface area contributed by atoms with E-state index in [2.05, 4.69) is 4.98 Å². The van der Waals surface area contributed by atoms with Crippen LogP contribution in [-0.4, -0.2) is 32.3 Å². The first-order chi connectivity index (χ1) is 15.0. The van der Waals surface area contributed by atoms with Crippen molar-refractivity contribution in [3.8, 4) is 5.75 Å². The quantitative estimate of drug-likeness (QED) is 0.341. The van der Waals surface area contributed by atoms with E-state index < -0.39 is 11.0 Å². The normalized spacial score (nSPS) is 12.1. The molecule has 0 saturated heterocycles. The Morgan fingerprint density at radius 3 is 2.48 bits per heavy atom. The highest BCUT2D eigenvalue weighted by atomic mass is 19.1. The summed E-state index contributed by atoms with van der Waals surface area (Å²) in [6.07, 6.45) is -0.343. The van der Waals surface area contributed by atoms with Gasteiger partial charge in [0.05, 0.1) is 22.5 Å². The van der Waals surface area contributed by atoms with Crippen molar-refractivity contribution in [2.45, 2.75) is 19.1 Å². The fourth-order valence-electron chi connectivity index (χ4n) is 3.37. The lowest BCUT2D eigenvalue weighted by Crippen LogP contribution is -2.24. The van der Waals surface area contributed by atoms with Gasteiger partial charge in [-0.15, -0.1) is 0 Å². The van der Waals surface area contributed by atoms with Gasteiger partial charge in [0.25, 0.3) is 5.69 Å². The molecule has 158 valence electrons. The molecule has 0 aliphatic heterocycles. The molecular weight excluding hydrogens is 401 g/mol. The van der Waals surface area contributed by atoms with E-state index in [1.807, 2.05) is 28.8 Å². The van der Waals surface area contributed by atoms with Crippen molar-refractivity contribution >= 4 is 16.7 Å². The van der Waals surface area contributed by atoms with Gasteiger partial charge in [-0.1, -0.05) is 24.3 Å². The van der Waals surface area contributed by atoms with Crippen LogP contribution in [0.3, 0.4) is 0 Å². The topological polar surface area (TPSA) is 90.4 Å². The zero-order valence-electron chi connectivity index (χ0n) is 16.5. The molecule has 1 N–H and O–H groups in total. The maximum Gasteiger partial charge on any atom is 0.269 e. The lowest BCUT2D eigenvalue weighted by molar-refractivity contribution is -0.384. The molecule has 0 radical (unpaired) electrons. The number of aliphatic hydroxyl groups excluding tert-OH is 1. The molecule has 3 aromatic carbocycles. The molecule has 4 aromatic rings. The summed E-state index contributed by atoms with van der Waals surface area (Å²) in [5, 5.41) is 21.3. The predicted octanol–water partition coefficient (Wildman–Crippen LogP) is 4.11. The highest BCUT2D eigenvalue weighted by molar-refractivity contribution is 5.76. The molecule has 1 heterocycles. The minimum Gasteiger partial charge on any atom is -0.491 e. The van der Waals surface area contributed by atoms with E-state index in [1.165, 1.54) is 36.4 Å². The van der Waals surface area contributed by atoms with Gasteiger partial charge in [0, 0.05) is 18.6 Å². The summed E-state index contributed by atoms with van der Waals surface area (Å²) in [5.74, 6) is 0.893. The number of aliphatic hydroxyl groups is 1. The average molecular weight is 421 g/mol. The number of imidazole rings is 1. The third kappa shape index (κ3) is 4.87. The number of aromatic nitrogens is 2. The summed E-state index contributed by atoms with van der Waals surface area (Å²) in [5.41, 5.74) is 2.58. The number of ether oxygens (including phenoxy) is 1. The van der Waals surface area contributed by atoms with Gasteiger partial charge in [-0.2, -0.15) is 0 Å². The number of hydrogen-bond acceptors (Lipinski definition) is 5. The molecule has 31 heavy (non-hydrogen) atoms. The summed E-state index contributed by atoms with van der Waals surface area (Å²) < 4.78 is 20.7. The smallest absolute Gasteiger partial charge is 0.269 e. The van der Waals surface area contributed by atoms with Crippen LogP contribution in [0, 0.1) is 15.9 Å². The van der Waals surface area contributed by atoms with Crippen molar-refractivity contribution in [3.05, 3.63) is 100 Å². The van der Waals surface area contributed by atoms with Gasteiger partial charge in [-0.3, -0.25) is 10.1 Å². The molecular formula is C23H20FN3O4. The van der Waals surface area contributed by atoms with E-state index in [1.54, 1.807) is 12.1 Å². The minimum absolute atomic E-state index is 0.0142. The summed E-state index contributed by atoms with van der Waals surface area (Å²) >= 11 is 0. The lowest BCUT2D eigenvalue weighted by Gasteiger charge is -2.16. The van der Waals surface area contributed by atoms with E-state index >= 15 is 0 Å². The van der Waals surface area contributed by atoms with Gasteiger partial charge in [0.15, 0.2) is 0 Å². The monoisotopic (exact) mass is 421 g/mol. The third-order valence-corrected chi connectivity index (χ3v) is 4.89. The zero-order valence-corrected chi connectivity index (χ0v) is 16.5. The minimum atomic E-state index is -0.834. The zero-order chi connectivity index (χ0) is 21.8. The number of fused-ring (bicyclic) bond motifs is 1. The van der Waals surface area contributed by atoms with E-state index in [-0.39, 0.29) is 24.7 Å². The van der Waals surface area contributed by atoms with Crippen LogP contribution >= 0.6 is 0 Å². The molecule has 7 nitrogen and oxygen atoms in total. The SMILES string of the molecule is O=[N+]([O-])c1ccc(OCC(O)Cn2c(Cc3ccc(F)cc3)nc3ccccc32)cc1. The summed E-state index contributed by atoms with van der Waals surface area (Å²) in [6.45, 7) is 0.268. The summed E-state index contributed by atoms with van der Waals surface area (Å²) in [7, 11) is 0. The molecule has 1 unspecified atom stereocenters. The maximum absolute atomic E-state index is 13.2.